The van der Waals surface area contributed by atoms with Crippen LogP contribution in [0.2, 0.25) is 0 Å². The zero-order valence-electron chi connectivity index (χ0n) is 19.6. The first kappa shape index (κ1) is 25.1. The fourth-order valence-electron chi connectivity index (χ4n) is 3.79. The molecule has 0 aliphatic heterocycles. The standard InChI is InChI=1S/C23H23NO3.C4H10O/c1-15(12-18-4-10-22(25)11-5-18)19-6-8-20(9-7-19)23-16(2)13-21(24(26)27)14-17(23)3;1-3-5-4-2/h4-11,13-15,25H,12H2,1-3H3;3-4H2,1-2H3. The summed E-state index contributed by atoms with van der Waals surface area (Å²) in [6.07, 6.45) is 0.898. The van der Waals surface area contributed by atoms with Gasteiger partial charge in [0.05, 0.1) is 4.92 Å². The topological polar surface area (TPSA) is 72.6 Å². The molecule has 170 valence electrons. The summed E-state index contributed by atoms with van der Waals surface area (Å²) in [6.45, 7) is 11.7. The first-order chi connectivity index (χ1) is 15.3. The molecule has 5 nitrogen and oxygen atoms in total. The van der Waals surface area contributed by atoms with Gasteiger partial charge in [0.2, 0.25) is 0 Å². The molecule has 0 aromatic heterocycles. The minimum atomic E-state index is -0.349. The number of nitro benzene ring substituents is 1. The number of ether oxygens (including phenoxy) is 1. The third kappa shape index (κ3) is 6.92. The molecule has 0 spiro atoms. The number of nitrogens with zero attached hydrogens (tertiary/aromatic N) is 1. The number of non-ortho nitro benzene ring substituents is 1. The SMILES string of the molecule is CCOCC.Cc1cc([N+](=O)[O-])cc(C)c1-c1ccc(C(C)Cc2ccc(O)cc2)cc1. The van der Waals surface area contributed by atoms with E-state index in [0.717, 1.165) is 41.9 Å². The van der Waals surface area contributed by atoms with E-state index in [9.17, 15) is 15.2 Å². The summed E-state index contributed by atoms with van der Waals surface area (Å²) in [5.41, 5.74) is 6.50. The van der Waals surface area contributed by atoms with Crippen molar-refractivity contribution in [2.45, 2.75) is 47.0 Å². The lowest BCUT2D eigenvalue weighted by molar-refractivity contribution is -0.384. The lowest BCUT2D eigenvalue weighted by Crippen LogP contribution is -1.99. The fourth-order valence-corrected chi connectivity index (χ4v) is 3.79. The molecule has 0 aliphatic rings. The van der Waals surface area contributed by atoms with E-state index in [1.165, 1.54) is 11.1 Å². The highest BCUT2D eigenvalue weighted by molar-refractivity contribution is 5.72. The molecule has 0 saturated heterocycles. The average Bonchev–Trinajstić information content (AvgIpc) is 2.76. The van der Waals surface area contributed by atoms with Crippen molar-refractivity contribution in [2.24, 2.45) is 0 Å². The molecule has 3 aromatic carbocycles. The van der Waals surface area contributed by atoms with Crippen LogP contribution < -0.4 is 0 Å². The Morgan fingerprint density at radius 3 is 1.91 bits per heavy atom. The van der Waals surface area contributed by atoms with E-state index in [0.29, 0.717) is 5.92 Å². The van der Waals surface area contributed by atoms with Gasteiger partial charge >= 0.3 is 0 Å². The maximum absolute atomic E-state index is 11.0. The molecular formula is C27H33NO4. The van der Waals surface area contributed by atoms with Gasteiger partial charge < -0.3 is 9.84 Å². The molecular weight excluding hydrogens is 402 g/mol. The van der Waals surface area contributed by atoms with Gasteiger partial charge in [-0.05, 0) is 85.5 Å². The van der Waals surface area contributed by atoms with Gasteiger partial charge in [0.1, 0.15) is 5.75 Å². The van der Waals surface area contributed by atoms with E-state index in [2.05, 4.69) is 31.2 Å². The predicted molar refractivity (Wildman–Crippen MR) is 130 cm³/mol. The zero-order valence-corrected chi connectivity index (χ0v) is 19.6. The Balaban J connectivity index is 0.000000654. The average molecular weight is 436 g/mol. The Morgan fingerprint density at radius 2 is 1.47 bits per heavy atom. The van der Waals surface area contributed by atoms with Gasteiger partial charge in [0, 0.05) is 25.3 Å². The van der Waals surface area contributed by atoms with Crippen LogP contribution in [0.3, 0.4) is 0 Å². The summed E-state index contributed by atoms with van der Waals surface area (Å²) in [5, 5.41) is 20.4. The van der Waals surface area contributed by atoms with Crippen LogP contribution in [0.15, 0.2) is 60.7 Å². The number of aryl methyl sites for hydroxylation is 2. The van der Waals surface area contributed by atoms with Crippen LogP contribution in [-0.4, -0.2) is 23.2 Å². The van der Waals surface area contributed by atoms with Crippen LogP contribution in [-0.2, 0) is 11.2 Å². The van der Waals surface area contributed by atoms with E-state index in [1.54, 1.807) is 24.3 Å². The Morgan fingerprint density at radius 1 is 0.938 bits per heavy atom. The summed E-state index contributed by atoms with van der Waals surface area (Å²) >= 11 is 0. The molecule has 1 N–H and O–H groups in total. The molecule has 0 fully saturated rings. The fraction of sp³-hybridized carbons (Fsp3) is 0.333. The lowest BCUT2D eigenvalue weighted by atomic mass is 9.90. The maximum atomic E-state index is 11.0. The zero-order chi connectivity index (χ0) is 23.7. The third-order valence-corrected chi connectivity index (χ3v) is 5.38. The monoisotopic (exact) mass is 435 g/mol. The van der Waals surface area contributed by atoms with Crippen LogP contribution in [0.5, 0.6) is 5.75 Å². The van der Waals surface area contributed by atoms with Crippen molar-refractivity contribution in [1.29, 1.82) is 0 Å². The summed E-state index contributed by atoms with van der Waals surface area (Å²) < 4.78 is 4.83. The third-order valence-electron chi connectivity index (χ3n) is 5.38. The van der Waals surface area contributed by atoms with Crippen molar-refractivity contribution in [3.05, 3.63) is 93.0 Å². The molecule has 0 heterocycles. The normalized spacial score (nSPS) is 11.4. The highest BCUT2D eigenvalue weighted by atomic mass is 16.6. The van der Waals surface area contributed by atoms with Gasteiger partial charge in [0.25, 0.3) is 5.69 Å². The summed E-state index contributed by atoms with van der Waals surface area (Å²) in [5.74, 6) is 0.632. The Labute approximate surface area is 190 Å². The second kappa shape index (κ2) is 12.0. The molecule has 0 radical (unpaired) electrons. The highest BCUT2D eigenvalue weighted by Gasteiger charge is 2.14. The van der Waals surface area contributed by atoms with Gasteiger partial charge in [-0.1, -0.05) is 43.3 Å². The van der Waals surface area contributed by atoms with E-state index in [-0.39, 0.29) is 16.4 Å². The second-order valence-electron chi connectivity index (χ2n) is 7.89. The predicted octanol–water partition coefficient (Wildman–Crippen LogP) is 6.97. The van der Waals surface area contributed by atoms with Crippen molar-refractivity contribution in [3.63, 3.8) is 0 Å². The van der Waals surface area contributed by atoms with Gasteiger partial charge in [-0.2, -0.15) is 0 Å². The van der Waals surface area contributed by atoms with Gasteiger partial charge in [-0.15, -0.1) is 0 Å². The molecule has 32 heavy (non-hydrogen) atoms. The van der Waals surface area contributed by atoms with Crippen LogP contribution in [0.4, 0.5) is 5.69 Å². The highest BCUT2D eigenvalue weighted by Crippen LogP contribution is 2.32. The molecule has 0 saturated carbocycles. The largest absolute Gasteiger partial charge is 0.508 e. The van der Waals surface area contributed by atoms with E-state index >= 15 is 0 Å². The smallest absolute Gasteiger partial charge is 0.269 e. The van der Waals surface area contributed by atoms with Gasteiger partial charge in [-0.3, -0.25) is 10.1 Å². The molecule has 3 rings (SSSR count). The quantitative estimate of drug-likeness (QED) is 0.321. The van der Waals surface area contributed by atoms with Crippen LogP contribution in [0.25, 0.3) is 11.1 Å². The van der Waals surface area contributed by atoms with Gasteiger partial charge in [0.15, 0.2) is 0 Å². The van der Waals surface area contributed by atoms with Crippen molar-refractivity contribution < 1.29 is 14.8 Å². The minimum absolute atomic E-state index is 0.132. The molecule has 0 amide bonds. The van der Waals surface area contributed by atoms with Crippen molar-refractivity contribution in [3.8, 4) is 16.9 Å². The van der Waals surface area contributed by atoms with Crippen molar-refractivity contribution in [1.82, 2.24) is 0 Å². The number of phenolic OH excluding ortho intramolecular Hbond substituents is 1. The molecule has 0 aliphatic carbocycles. The second-order valence-corrected chi connectivity index (χ2v) is 7.89. The van der Waals surface area contributed by atoms with Crippen molar-refractivity contribution >= 4 is 5.69 Å². The molecule has 0 bridgehead atoms. The Hall–Kier alpha value is -3.18. The number of phenols is 1. The van der Waals surface area contributed by atoms with E-state index in [4.69, 9.17) is 4.74 Å². The lowest BCUT2D eigenvalue weighted by Gasteiger charge is -2.15. The molecule has 3 aromatic rings. The van der Waals surface area contributed by atoms with Crippen molar-refractivity contribution in [2.75, 3.05) is 13.2 Å². The van der Waals surface area contributed by atoms with Crippen LogP contribution in [0, 0.1) is 24.0 Å². The number of hydrogen-bond donors (Lipinski definition) is 1. The maximum Gasteiger partial charge on any atom is 0.269 e. The van der Waals surface area contributed by atoms with E-state index < -0.39 is 0 Å². The molecule has 1 atom stereocenters. The Kier molecular flexibility index (Phi) is 9.41. The minimum Gasteiger partial charge on any atom is -0.508 e. The summed E-state index contributed by atoms with van der Waals surface area (Å²) in [7, 11) is 0. The number of hydrogen-bond acceptors (Lipinski definition) is 4. The van der Waals surface area contributed by atoms with Crippen LogP contribution >= 0.6 is 0 Å². The molecule has 5 heteroatoms. The molecule has 1 unspecified atom stereocenters. The van der Waals surface area contributed by atoms with Crippen LogP contribution in [0.1, 0.15) is 48.9 Å². The van der Waals surface area contributed by atoms with E-state index in [1.807, 2.05) is 39.8 Å². The Bertz CT molecular complexity index is 986. The first-order valence-electron chi connectivity index (χ1n) is 11.0. The first-order valence-corrected chi connectivity index (χ1v) is 11.0. The number of nitro groups is 1. The number of benzene rings is 3. The number of rotatable bonds is 7. The summed E-state index contributed by atoms with van der Waals surface area (Å²) in [6, 6.07) is 19.0. The summed E-state index contributed by atoms with van der Waals surface area (Å²) in [4.78, 5) is 10.7. The number of aromatic hydroxyl groups is 1. The van der Waals surface area contributed by atoms with Gasteiger partial charge in [-0.25, -0.2) is 0 Å².